The minimum absolute atomic E-state index is 0.530. The molecule has 4 heteroatoms. The van der Waals surface area contributed by atoms with Crippen molar-refractivity contribution >= 4 is 5.82 Å². The van der Waals surface area contributed by atoms with Crippen molar-refractivity contribution in [3.63, 3.8) is 0 Å². The van der Waals surface area contributed by atoms with Crippen molar-refractivity contribution in [3.8, 4) is 0 Å². The lowest BCUT2D eigenvalue weighted by Crippen LogP contribution is -2.20. The van der Waals surface area contributed by atoms with E-state index >= 15 is 0 Å². The summed E-state index contributed by atoms with van der Waals surface area (Å²) in [6.07, 6.45) is 7.14. The Bertz CT molecular complexity index is 337. The molecule has 1 fully saturated rings. The molecule has 0 radical (unpaired) electrons. The minimum Gasteiger partial charge on any atom is -0.381 e. The molecule has 0 atom stereocenters. The van der Waals surface area contributed by atoms with Crippen molar-refractivity contribution in [2.75, 3.05) is 5.73 Å². The fourth-order valence-corrected chi connectivity index (χ4v) is 2.59. The van der Waals surface area contributed by atoms with Crippen LogP contribution >= 0.6 is 0 Å². The first-order valence-corrected chi connectivity index (χ1v) is 6.42. The first kappa shape index (κ1) is 11.4. The monoisotopic (exact) mass is 222 g/mol. The first-order chi connectivity index (χ1) is 7.72. The molecular formula is C12H22N4. The molecule has 16 heavy (non-hydrogen) atoms. The highest BCUT2D eigenvalue weighted by Crippen LogP contribution is 2.32. The van der Waals surface area contributed by atoms with Crippen LogP contribution in [0, 0.1) is 5.92 Å². The molecule has 2 rings (SSSR count). The normalized spacial score (nSPS) is 25.9. The summed E-state index contributed by atoms with van der Waals surface area (Å²) in [7, 11) is 0. The van der Waals surface area contributed by atoms with Crippen molar-refractivity contribution in [1.82, 2.24) is 15.0 Å². The molecule has 1 aliphatic carbocycles. The zero-order valence-corrected chi connectivity index (χ0v) is 10.3. The molecule has 1 saturated carbocycles. The van der Waals surface area contributed by atoms with Crippen LogP contribution in [0.4, 0.5) is 5.82 Å². The molecule has 1 aromatic heterocycles. The fourth-order valence-electron chi connectivity index (χ4n) is 2.59. The summed E-state index contributed by atoms with van der Waals surface area (Å²) in [5.41, 5.74) is 7.01. The molecule has 2 N–H and O–H groups in total. The van der Waals surface area contributed by atoms with Crippen LogP contribution in [0.1, 0.15) is 57.7 Å². The fraction of sp³-hybridized carbons (Fsp3) is 0.833. The van der Waals surface area contributed by atoms with Crippen LogP contribution in [0.3, 0.4) is 0 Å². The predicted octanol–water partition coefficient (Wildman–Crippen LogP) is 2.56. The summed E-state index contributed by atoms with van der Waals surface area (Å²) in [6, 6.07) is 0.530. The van der Waals surface area contributed by atoms with Crippen LogP contribution in [0.15, 0.2) is 0 Å². The quantitative estimate of drug-likeness (QED) is 0.855. The third-order valence-electron chi connectivity index (χ3n) is 3.64. The number of hydrogen-bond acceptors (Lipinski definition) is 3. The summed E-state index contributed by atoms with van der Waals surface area (Å²) in [5.74, 6) is 1.49. The molecule has 1 heterocycles. The molecule has 0 aliphatic heterocycles. The second-order valence-corrected chi connectivity index (χ2v) is 5.03. The maximum Gasteiger partial charge on any atom is 0.169 e. The molecule has 90 valence electrons. The summed E-state index contributed by atoms with van der Waals surface area (Å²) in [6.45, 7) is 4.50. The lowest BCUT2D eigenvalue weighted by Gasteiger charge is -2.27. The lowest BCUT2D eigenvalue weighted by molar-refractivity contribution is 0.266. The standard InChI is InChI=1S/C12H22N4/c1-3-4-11-12(13)14-15-16(11)10-7-5-9(2)6-8-10/h9-10H,3-8,13H2,1-2H3. The summed E-state index contributed by atoms with van der Waals surface area (Å²) in [4.78, 5) is 0. The SMILES string of the molecule is CCCc1c(N)nnn1C1CCC(C)CC1. The van der Waals surface area contributed by atoms with Gasteiger partial charge in [0.15, 0.2) is 5.82 Å². The Morgan fingerprint density at radius 1 is 1.31 bits per heavy atom. The van der Waals surface area contributed by atoms with Gasteiger partial charge in [0.05, 0.1) is 11.7 Å². The highest BCUT2D eigenvalue weighted by molar-refractivity contribution is 5.33. The Kier molecular flexibility index (Phi) is 3.46. The van der Waals surface area contributed by atoms with Crippen LogP contribution in [0.25, 0.3) is 0 Å². The third-order valence-corrected chi connectivity index (χ3v) is 3.64. The van der Waals surface area contributed by atoms with Gasteiger partial charge in [-0.3, -0.25) is 0 Å². The van der Waals surface area contributed by atoms with Gasteiger partial charge in [-0.1, -0.05) is 25.5 Å². The van der Waals surface area contributed by atoms with E-state index in [-0.39, 0.29) is 0 Å². The number of anilines is 1. The topological polar surface area (TPSA) is 56.7 Å². The summed E-state index contributed by atoms with van der Waals surface area (Å²) >= 11 is 0. The van der Waals surface area contributed by atoms with Crippen molar-refractivity contribution < 1.29 is 0 Å². The summed E-state index contributed by atoms with van der Waals surface area (Å²) in [5, 5.41) is 8.24. The number of nitrogens with zero attached hydrogens (tertiary/aromatic N) is 3. The van der Waals surface area contributed by atoms with Gasteiger partial charge in [0.25, 0.3) is 0 Å². The van der Waals surface area contributed by atoms with E-state index in [1.807, 2.05) is 0 Å². The van der Waals surface area contributed by atoms with Gasteiger partial charge in [-0.15, -0.1) is 5.10 Å². The molecule has 1 aliphatic rings. The first-order valence-electron chi connectivity index (χ1n) is 6.42. The van der Waals surface area contributed by atoms with Gasteiger partial charge >= 0.3 is 0 Å². The van der Waals surface area contributed by atoms with Gasteiger partial charge in [0.2, 0.25) is 0 Å². The van der Waals surface area contributed by atoms with Crippen LogP contribution in [0.2, 0.25) is 0 Å². The van der Waals surface area contributed by atoms with E-state index in [9.17, 15) is 0 Å². The molecule has 0 spiro atoms. The Hall–Kier alpha value is -1.06. The summed E-state index contributed by atoms with van der Waals surface area (Å²) < 4.78 is 2.09. The second kappa shape index (κ2) is 4.85. The van der Waals surface area contributed by atoms with E-state index in [1.165, 1.54) is 25.7 Å². The highest BCUT2D eigenvalue weighted by Gasteiger charge is 2.23. The van der Waals surface area contributed by atoms with E-state index in [4.69, 9.17) is 5.73 Å². The van der Waals surface area contributed by atoms with Crippen LogP contribution in [-0.2, 0) is 6.42 Å². The van der Waals surface area contributed by atoms with Gasteiger partial charge in [0, 0.05) is 0 Å². The van der Waals surface area contributed by atoms with Crippen molar-refractivity contribution in [2.45, 2.75) is 58.4 Å². The van der Waals surface area contributed by atoms with E-state index in [0.29, 0.717) is 11.9 Å². The van der Waals surface area contributed by atoms with E-state index < -0.39 is 0 Å². The molecular weight excluding hydrogens is 200 g/mol. The molecule has 0 bridgehead atoms. The Labute approximate surface area is 97.2 Å². The average molecular weight is 222 g/mol. The van der Waals surface area contributed by atoms with E-state index in [0.717, 1.165) is 24.5 Å². The number of nitrogens with two attached hydrogens (primary N) is 1. The Morgan fingerprint density at radius 3 is 2.62 bits per heavy atom. The number of rotatable bonds is 3. The Morgan fingerprint density at radius 2 is 2.00 bits per heavy atom. The maximum atomic E-state index is 5.87. The highest BCUT2D eigenvalue weighted by atomic mass is 15.5. The number of aromatic nitrogens is 3. The number of nitrogen functional groups attached to an aromatic ring is 1. The molecule has 0 unspecified atom stereocenters. The molecule has 0 amide bonds. The van der Waals surface area contributed by atoms with Crippen LogP contribution in [0.5, 0.6) is 0 Å². The van der Waals surface area contributed by atoms with Crippen molar-refractivity contribution in [2.24, 2.45) is 5.92 Å². The van der Waals surface area contributed by atoms with Gasteiger partial charge in [-0.25, -0.2) is 4.68 Å². The van der Waals surface area contributed by atoms with Gasteiger partial charge < -0.3 is 5.73 Å². The van der Waals surface area contributed by atoms with Gasteiger partial charge in [-0.2, -0.15) is 0 Å². The minimum atomic E-state index is 0.530. The second-order valence-electron chi connectivity index (χ2n) is 5.03. The van der Waals surface area contributed by atoms with E-state index in [1.54, 1.807) is 0 Å². The molecule has 0 saturated heterocycles. The van der Waals surface area contributed by atoms with E-state index in [2.05, 4.69) is 28.8 Å². The van der Waals surface area contributed by atoms with Gasteiger partial charge in [-0.05, 0) is 38.0 Å². The molecule has 1 aromatic rings. The number of hydrogen-bond donors (Lipinski definition) is 1. The van der Waals surface area contributed by atoms with Crippen molar-refractivity contribution in [1.29, 1.82) is 0 Å². The average Bonchev–Trinajstić information content (AvgIpc) is 2.63. The zero-order valence-electron chi connectivity index (χ0n) is 10.3. The van der Waals surface area contributed by atoms with Gasteiger partial charge in [0.1, 0.15) is 0 Å². The third kappa shape index (κ3) is 2.20. The molecule has 0 aromatic carbocycles. The largest absolute Gasteiger partial charge is 0.381 e. The predicted molar refractivity (Wildman–Crippen MR) is 65.1 cm³/mol. The zero-order chi connectivity index (χ0) is 11.5. The molecule has 4 nitrogen and oxygen atoms in total. The van der Waals surface area contributed by atoms with Crippen LogP contribution < -0.4 is 5.73 Å². The maximum absolute atomic E-state index is 5.87. The van der Waals surface area contributed by atoms with Crippen LogP contribution in [-0.4, -0.2) is 15.0 Å². The Balaban J connectivity index is 2.13. The lowest BCUT2D eigenvalue weighted by atomic mass is 9.87. The smallest absolute Gasteiger partial charge is 0.169 e. The van der Waals surface area contributed by atoms with Crippen molar-refractivity contribution in [3.05, 3.63) is 5.69 Å².